The summed E-state index contributed by atoms with van der Waals surface area (Å²) < 4.78 is 0. The van der Waals surface area contributed by atoms with Gasteiger partial charge in [0.2, 0.25) is 0 Å². The molecule has 2 aromatic rings. The zero-order chi connectivity index (χ0) is 22.2. The fourth-order valence-corrected chi connectivity index (χ4v) is 3.35. The van der Waals surface area contributed by atoms with Crippen molar-refractivity contribution in [2.45, 2.75) is 32.2 Å². The summed E-state index contributed by atoms with van der Waals surface area (Å²) in [7, 11) is 0. The summed E-state index contributed by atoms with van der Waals surface area (Å²) in [6.07, 6.45) is 3.69. The van der Waals surface area contributed by atoms with Crippen LogP contribution in [-0.4, -0.2) is 54.5 Å². The smallest absolute Gasteiger partial charge is 0.319 e. The molecule has 2 amide bonds. The van der Waals surface area contributed by atoms with Crippen molar-refractivity contribution in [1.29, 1.82) is 0 Å². The van der Waals surface area contributed by atoms with Gasteiger partial charge in [-0.15, -0.1) is 0 Å². The van der Waals surface area contributed by atoms with Crippen molar-refractivity contribution < 1.29 is 9.63 Å². The van der Waals surface area contributed by atoms with Crippen molar-refractivity contribution in [2.24, 2.45) is 10.9 Å². The normalized spacial score (nSPS) is 16.1. The van der Waals surface area contributed by atoms with E-state index in [0.29, 0.717) is 42.8 Å². The maximum atomic E-state index is 12.4. The van der Waals surface area contributed by atoms with Gasteiger partial charge in [0.25, 0.3) is 0 Å². The third-order valence-electron chi connectivity index (χ3n) is 5.02. The van der Waals surface area contributed by atoms with E-state index in [-0.39, 0.29) is 12.1 Å². The van der Waals surface area contributed by atoms with Crippen LogP contribution >= 0.6 is 0 Å². The second kappa shape index (κ2) is 10.6. The van der Waals surface area contributed by atoms with Crippen LogP contribution in [0.1, 0.15) is 37.3 Å². The summed E-state index contributed by atoms with van der Waals surface area (Å²) >= 11 is 0. The largest absolute Gasteiger partial charge is 0.394 e. The number of nitrogen functional groups attached to an aromatic ring is 1. The number of rotatable bonds is 8. The molecular weight excluding hydrogens is 396 g/mol. The fourth-order valence-electron chi connectivity index (χ4n) is 3.35. The second-order valence-corrected chi connectivity index (χ2v) is 7.66. The summed E-state index contributed by atoms with van der Waals surface area (Å²) in [6, 6.07) is 7.62. The molecule has 1 aromatic heterocycles. The summed E-state index contributed by atoms with van der Waals surface area (Å²) in [5.74, 6) is 1.41. The molecule has 0 spiro atoms. The third-order valence-corrected chi connectivity index (χ3v) is 5.02. The Bertz CT molecular complexity index is 901. The number of hydrogen-bond donors (Lipinski definition) is 4. The Labute approximate surface area is 182 Å². The molecule has 1 fully saturated rings. The molecule has 1 aliphatic rings. The lowest BCUT2D eigenvalue weighted by Gasteiger charge is -2.20. The highest BCUT2D eigenvalue weighted by Crippen LogP contribution is 2.24. The van der Waals surface area contributed by atoms with Crippen LogP contribution in [0.2, 0.25) is 0 Å². The zero-order valence-electron chi connectivity index (χ0n) is 17.9. The van der Waals surface area contributed by atoms with Crippen LogP contribution in [0, 0.1) is 0 Å². The molecule has 166 valence electrons. The quantitative estimate of drug-likeness (QED) is 0.287. The second-order valence-electron chi connectivity index (χ2n) is 7.66. The van der Waals surface area contributed by atoms with Gasteiger partial charge in [-0.1, -0.05) is 31.1 Å². The van der Waals surface area contributed by atoms with Crippen molar-refractivity contribution in [2.75, 3.05) is 42.2 Å². The predicted molar refractivity (Wildman–Crippen MR) is 122 cm³/mol. The summed E-state index contributed by atoms with van der Waals surface area (Å²) in [5, 5.41) is 9.79. The van der Waals surface area contributed by atoms with Gasteiger partial charge in [0.15, 0.2) is 0 Å². The lowest BCUT2D eigenvalue weighted by molar-refractivity contribution is 0.154. The predicted octanol–water partition coefficient (Wildman–Crippen LogP) is 1.89. The third kappa shape index (κ3) is 6.05. The monoisotopic (exact) mass is 426 g/mol. The first kappa shape index (κ1) is 22.3. The Kier molecular flexibility index (Phi) is 7.60. The summed E-state index contributed by atoms with van der Waals surface area (Å²) in [6.45, 7) is 6.27. The lowest BCUT2D eigenvalue weighted by atomic mass is 10.0. The first-order valence-electron chi connectivity index (χ1n) is 10.4. The van der Waals surface area contributed by atoms with Crippen LogP contribution in [0.4, 0.5) is 22.1 Å². The van der Waals surface area contributed by atoms with Gasteiger partial charge in [0.05, 0.1) is 11.8 Å². The number of aromatic nitrogens is 2. The number of hydrogen-bond acceptors (Lipinski definition) is 8. The standard InChI is InChI=1S/C21H30N8O2/c1-14(2)15-3-5-16(6-4-15)27-21(30)28-17-7-9-29(12-17)20-18(11-26-31-10-8-22)19(23)24-13-25-20/h3-6,11,13-14,17H,7-10,12,22H2,1-2H3,(H2,23,24,25)(H2,27,28,30)/b26-11+. The molecule has 6 N–H and O–H groups in total. The lowest BCUT2D eigenvalue weighted by Crippen LogP contribution is -2.40. The first-order chi connectivity index (χ1) is 15.0. The van der Waals surface area contributed by atoms with Crippen molar-refractivity contribution in [3.8, 4) is 0 Å². The van der Waals surface area contributed by atoms with Gasteiger partial charge >= 0.3 is 6.03 Å². The number of benzene rings is 1. The Hall–Kier alpha value is -3.40. The molecule has 1 aromatic carbocycles. The van der Waals surface area contributed by atoms with Crippen LogP contribution in [-0.2, 0) is 4.84 Å². The van der Waals surface area contributed by atoms with E-state index in [4.69, 9.17) is 16.3 Å². The van der Waals surface area contributed by atoms with E-state index in [1.165, 1.54) is 18.1 Å². The molecule has 10 heteroatoms. The molecule has 31 heavy (non-hydrogen) atoms. The Morgan fingerprint density at radius 2 is 2.13 bits per heavy atom. The van der Waals surface area contributed by atoms with Crippen LogP contribution in [0.15, 0.2) is 35.7 Å². The van der Waals surface area contributed by atoms with Gasteiger partial charge in [0.1, 0.15) is 24.6 Å². The summed E-state index contributed by atoms with van der Waals surface area (Å²) in [4.78, 5) is 27.9. The van der Waals surface area contributed by atoms with Crippen LogP contribution in [0.5, 0.6) is 0 Å². The van der Waals surface area contributed by atoms with Crippen LogP contribution in [0.3, 0.4) is 0 Å². The minimum absolute atomic E-state index is 0.0237. The van der Waals surface area contributed by atoms with E-state index in [1.807, 2.05) is 29.2 Å². The maximum Gasteiger partial charge on any atom is 0.319 e. The van der Waals surface area contributed by atoms with Gasteiger partial charge < -0.3 is 31.8 Å². The minimum atomic E-state index is -0.233. The molecule has 3 rings (SSSR count). The molecule has 1 atom stereocenters. The SMILES string of the molecule is CC(C)c1ccc(NC(=O)NC2CCN(c3ncnc(N)c3/C=N/OCCN)C2)cc1. The van der Waals surface area contributed by atoms with E-state index in [2.05, 4.69) is 39.6 Å². The Morgan fingerprint density at radius 1 is 1.35 bits per heavy atom. The summed E-state index contributed by atoms with van der Waals surface area (Å²) in [5.41, 5.74) is 14.0. The van der Waals surface area contributed by atoms with E-state index >= 15 is 0 Å². The molecule has 1 saturated heterocycles. The van der Waals surface area contributed by atoms with Crippen molar-refractivity contribution >= 4 is 29.6 Å². The molecule has 0 radical (unpaired) electrons. The average molecular weight is 427 g/mol. The Morgan fingerprint density at radius 3 is 2.84 bits per heavy atom. The molecule has 1 aliphatic heterocycles. The average Bonchev–Trinajstić information content (AvgIpc) is 3.20. The fraction of sp³-hybridized carbons (Fsp3) is 0.429. The first-order valence-corrected chi connectivity index (χ1v) is 10.4. The van der Waals surface area contributed by atoms with Crippen LogP contribution in [0.25, 0.3) is 0 Å². The van der Waals surface area contributed by atoms with Crippen molar-refractivity contribution in [3.63, 3.8) is 0 Å². The number of nitrogens with zero attached hydrogens (tertiary/aromatic N) is 4. The highest BCUT2D eigenvalue weighted by Gasteiger charge is 2.27. The highest BCUT2D eigenvalue weighted by atomic mass is 16.6. The number of anilines is 3. The molecule has 10 nitrogen and oxygen atoms in total. The highest BCUT2D eigenvalue weighted by molar-refractivity contribution is 5.92. The Balaban J connectivity index is 1.58. The number of urea groups is 1. The minimum Gasteiger partial charge on any atom is -0.394 e. The van der Waals surface area contributed by atoms with Gasteiger partial charge in [-0.05, 0) is 30.0 Å². The number of nitrogens with one attached hydrogen (secondary N) is 2. The van der Waals surface area contributed by atoms with E-state index in [0.717, 1.165) is 18.7 Å². The molecule has 0 saturated carbocycles. The van der Waals surface area contributed by atoms with Crippen molar-refractivity contribution in [1.82, 2.24) is 15.3 Å². The molecule has 1 unspecified atom stereocenters. The van der Waals surface area contributed by atoms with Gasteiger partial charge in [-0.2, -0.15) is 0 Å². The number of carbonyl (C=O) groups is 1. The van der Waals surface area contributed by atoms with Crippen LogP contribution < -0.4 is 27.0 Å². The van der Waals surface area contributed by atoms with Gasteiger partial charge in [-0.25, -0.2) is 14.8 Å². The van der Waals surface area contributed by atoms with Gasteiger partial charge in [0, 0.05) is 31.4 Å². The number of nitrogens with two attached hydrogens (primary N) is 2. The number of amides is 2. The molecule has 2 heterocycles. The van der Waals surface area contributed by atoms with Crippen molar-refractivity contribution in [3.05, 3.63) is 41.7 Å². The van der Waals surface area contributed by atoms with Gasteiger partial charge in [-0.3, -0.25) is 0 Å². The molecule has 0 bridgehead atoms. The topological polar surface area (TPSA) is 144 Å². The number of oxime groups is 1. The number of carbonyl (C=O) groups excluding carboxylic acids is 1. The maximum absolute atomic E-state index is 12.4. The van der Waals surface area contributed by atoms with E-state index in [9.17, 15) is 4.79 Å². The molecular formula is C21H30N8O2. The zero-order valence-corrected chi connectivity index (χ0v) is 17.9. The van der Waals surface area contributed by atoms with E-state index < -0.39 is 0 Å². The molecule has 0 aliphatic carbocycles. The van der Waals surface area contributed by atoms with E-state index in [1.54, 1.807) is 0 Å².